The number of nitrogens with zero attached hydrogens (tertiary/aromatic N) is 1. The number of hydrogen-bond donors (Lipinski definition) is 2. The van der Waals surface area contributed by atoms with Gasteiger partial charge in [0.05, 0.1) is 25.4 Å². The van der Waals surface area contributed by atoms with E-state index in [0.717, 1.165) is 46.7 Å². The van der Waals surface area contributed by atoms with Crippen LogP contribution >= 0.6 is 0 Å². The Morgan fingerprint density at radius 1 is 1.31 bits per heavy atom. The van der Waals surface area contributed by atoms with Crippen LogP contribution in [0.1, 0.15) is 34.5 Å². The van der Waals surface area contributed by atoms with Gasteiger partial charge in [-0.1, -0.05) is 19.1 Å². The summed E-state index contributed by atoms with van der Waals surface area (Å²) in [5.74, 6) is -0.0872. The number of carboxylic acids is 1. The van der Waals surface area contributed by atoms with Crippen molar-refractivity contribution in [2.24, 2.45) is 0 Å². The first-order valence-electron chi connectivity index (χ1n) is 9.85. The van der Waals surface area contributed by atoms with Crippen LogP contribution in [0.5, 0.6) is 5.75 Å². The highest BCUT2D eigenvalue weighted by atomic mass is 16.5. The molecule has 0 radical (unpaired) electrons. The molecule has 4 rings (SSSR count). The molecule has 1 aromatic carbocycles. The summed E-state index contributed by atoms with van der Waals surface area (Å²) < 4.78 is 13.4. The number of rotatable bonds is 5. The molecule has 1 aliphatic heterocycles. The summed E-state index contributed by atoms with van der Waals surface area (Å²) in [7, 11) is 1.65. The topological polar surface area (TPSA) is 72.2 Å². The fourth-order valence-electron chi connectivity index (χ4n) is 4.20. The van der Waals surface area contributed by atoms with Gasteiger partial charge in [0.15, 0.2) is 0 Å². The number of carboxylic acid groups (broad SMARTS) is 1. The van der Waals surface area contributed by atoms with Gasteiger partial charge >= 0.3 is 5.97 Å². The van der Waals surface area contributed by atoms with Gasteiger partial charge in [-0.25, -0.2) is 4.79 Å². The fraction of sp³-hybridized carbons (Fsp3) is 0.348. The van der Waals surface area contributed by atoms with Crippen LogP contribution in [-0.4, -0.2) is 48.4 Å². The lowest BCUT2D eigenvalue weighted by Gasteiger charge is -2.30. The number of benzene rings is 1. The van der Waals surface area contributed by atoms with E-state index >= 15 is 0 Å². The van der Waals surface area contributed by atoms with Crippen LogP contribution in [0.3, 0.4) is 0 Å². The highest BCUT2D eigenvalue weighted by Crippen LogP contribution is 2.33. The lowest BCUT2D eigenvalue weighted by molar-refractivity contribution is 0.0135. The Morgan fingerprint density at radius 3 is 2.83 bits per heavy atom. The van der Waals surface area contributed by atoms with Crippen molar-refractivity contribution >= 4 is 11.5 Å². The largest absolute Gasteiger partial charge is 0.497 e. The Labute approximate surface area is 170 Å². The molecule has 3 aromatic rings. The van der Waals surface area contributed by atoms with E-state index in [4.69, 9.17) is 9.47 Å². The van der Waals surface area contributed by atoms with Crippen molar-refractivity contribution in [2.75, 3.05) is 26.8 Å². The lowest BCUT2D eigenvalue weighted by atomic mass is 9.93. The quantitative estimate of drug-likeness (QED) is 0.690. The number of pyridine rings is 1. The second-order valence-corrected chi connectivity index (χ2v) is 7.53. The summed E-state index contributed by atoms with van der Waals surface area (Å²) >= 11 is 0. The van der Waals surface area contributed by atoms with Crippen LogP contribution in [-0.2, 0) is 4.74 Å². The minimum Gasteiger partial charge on any atom is -0.497 e. The molecular weight excluding hydrogens is 368 g/mol. The van der Waals surface area contributed by atoms with Crippen LogP contribution in [0.2, 0.25) is 0 Å². The molecule has 6 nitrogen and oxygen atoms in total. The molecule has 2 unspecified atom stereocenters. The van der Waals surface area contributed by atoms with Crippen LogP contribution in [0.15, 0.2) is 42.6 Å². The van der Waals surface area contributed by atoms with Crippen LogP contribution in [0, 0.1) is 6.92 Å². The van der Waals surface area contributed by atoms with E-state index in [1.54, 1.807) is 13.2 Å². The molecule has 2 atom stereocenters. The number of methoxy groups -OCH3 is 1. The molecule has 3 heterocycles. The van der Waals surface area contributed by atoms with E-state index in [9.17, 15) is 9.90 Å². The Bertz CT molecular complexity index is 1050. The van der Waals surface area contributed by atoms with Gasteiger partial charge in [-0.3, -0.25) is 0 Å². The predicted octanol–water partition coefficient (Wildman–Crippen LogP) is 3.71. The SMILES string of the molecule is COc1cccc(-c2cc3cc(C(=O)O)c(C)c(C(C)C4CNCCO4)n3c2)c1. The number of nitrogens with one attached hydrogen (secondary N) is 1. The molecule has 1 fully saturated rings. The molecule has 29 heavy (non-hydrogen) atoms. The first-order valence-corrected chi connectivity index (χ1v) is 9.85. The molecular formula is C23H26N2O4. The number of aromatic carboxylic acids is 1. The van der Waals surface area contributed by atoms with Crippen molar-refractivity contribution in [3.63, 3.8) is 0 Å². The number of carbonyl (C=O) groups is 1. The summed E-state index contributed by atoms with van der Waals surface area (Å²) in [6.45, 7) is 6.25. The third kappa shape index (κ3) is 3.61. The standard InChI is InChI=1S/C23H26N2O4/c1-14-20(23(26)27)11-18-9-17(16-5-4-6-19(10-16)28-3)13-25(18)22(14)15(2)21-12-24-7-8-29-21/h4-6,9-11,13,15,21,24H,7-8,12H2,1-3H3,(H,26,27). The van der Waals surface area contributed by atoms with Gasteiger partial charge in [-0.2, -0.15) is 0 Å². The number of ether oxygens (including phenoxy) is 2. The molecule has 1 saturated heterocycles. The van der Waals surface area contributed by atoms with Gasteiger partial charge in [0, 0.05) is 42.0 Å². The highest BCUT2D eigenvalue weighted by molar-refractivity contribution is 5.92. The Balaban J connectivity index is 1.88. The predicted molar refractivity (Wildman–Crippen MR) is 112 cm³/mol. The minimum atomic E-state index is -0.912. The maximum Gasteiger partial charge on any atom is 0.336 e. The van der Waals surface area contributed by atoms with Crippen molar-refractivity contribution in [3.05, 3.63) is 59.4 Å². The molecule has 6 heteroatoms. The van der Waals surface area contributed by atoms with E-state index in [0.29, 0.717) is 12.2 Å². The van der Waals surface area contributed by atoms with Gasteiger partial charge < -0.3 is 24.3 Å². The molecule has 0 aliphatic carbocycles. The van der Waals surface area contributed by atoms with Crippen molar-refractivity contribution < 1.29 is 19.4 Å². The molecule has 0 saturated carbocycles. The van der Waals surface area contributed by atoms with Crippen molar-refractivity contribution in [1.82, 2.24) is 9.72 Å². The zero-order valence-corrected chi connectivity index (χ0v) is 16.9. The van der Waals surface area contributed by atoms with Crippen LogP contribution < -0.4 is 10.1 Å². The monoisotopic (exact) mass is 394 g/mol. The summed E-state index contributed by atoms with van der Waals surface area (Å²) in [6, 6.07) is 11.6. The average molecular weight is 394 g/mol. The maximum absolute atomic E-state index is 11.9. The first-order chi connectivity index (χ1) is 14.0. The molecule has 1 aliphatic rings. The van der Waals surface area contributed by atoms with Gasteiger partial charge in [-0.15, -0.1) is 0 Å². The van der Waals surface area contributed by atoms with Crippen molar-refractivity contribution in [1.29, 1.82) is 0 Å². The number of hydrogen-bond acceptors (Lipinski definition) is 4. The van der Waals surface area contributed by atoms with Gasteiger partial charge in [0.25, 0.3) is 0 Å². The number of aromatic nitrogens is 1. The maximum atomic E-state index is 11.9. The van der Waals surface area contributed by atoms with Crippen LogP contribution in [0.4, 0.5) is 0 Å². The zero-order valence-electron chi connectivity index (χ0n) is 16.9. The molecule has 152 valence electrons. The normalized spacial score (nSPS) is 18.0. The minimum absolute atomic E-state index is 0.00244. The third-order valence-corrected chi connectivity index (χ3v) is 5.77. The van der Waals surface area contributed by atoms with Crippen molar-refractivity contribution in [3.8, 4) is 16.9 Å². The van der Waals surface area contributed by atoms with E-state index in [1.807, 2.05) is 37.3 Å². The molecule has 0 spiro atoms. The van der Waals surface area contributed by atoms with Gasteiger partial charge in [0.1, 0.15) is 5.75 Å². The van der Waals surface area contributed by atoms with Crippen LogP contribution in [0.25, 0.3) is 16.6 Å². The zero-order chi connectivity index (χ0) is 20.5. The summed E-state index contributed by atoms with van der Waals surface area (Å²) in [6.07, 6.45) is 2.07. The highest BCUT2D eigenvalue weighted by Gasteiger charge is 2.27. The second kappa shape index (κ2) is 7.89. The summed E-state index contributed by atoms with van der Waals surface area (Å²) in [4.78, 5) is 11.9. The molecule has 2 N–H and O–H groups in total. The molecule has 0 amide bonds. The first kappa shape index (κ1) is 19.5. The van der Waals surface area contributed by atoms with E-state index in [-0.39, 0.29) is 12.0 Å². The fourth-order valence-corrected chi connectivity index (χ4v) is 4.20. The lowest BCUT2D eigenvalue weighted by Crippen LogP contribution is -2.41. The van der Waals surface area contributed by atoms with E-state index in [1.165, 1.54) is 0 Å². The van der Waals surface area contributed by atoms with Gasteiger partial charge in [0.2, 0.25) is 0 Å². The van der Waals surface area contributed by atoms with E-state index < -0.39 is 5.97 Å². The molecule has 0 bridgehead atoms. The Morgan fingerprint density at radius 2 is 2.14 bits per heavy atom. The van der Waals surface area contributed by atoms with Crippen molar-refractivity contribution in [2.45, 2.75) is 25.9 Å². The average Bonchev–Trinajstić information content (AvgIpc) is 3.17. The smallest absolute Gasteiger partial charge is 0.336 e. The summed E-state index contributed by atoms with van der Waals surface area (Å²) in [5.41, 5.74) is 4.98. The van der Waals surface area contributed by atoms with Gasteiger partial charge in [-0.05, 0) is 42.3 Å². The third-order valence-electron chi connectivity index (χ3n) is 5.77. The Hall–Kier alpha value is -2.83. The Kier molecular flexibility index (Phi) is 5.30. The molecule has 2 aromatic heterocycles. The number of fused-ring (bicyclic) bond motifs is 1. The number of morpholine rings is 1. The van der Waals surface area contributed by atoms with E-state index in [2.05, 4.69) is 22.8 Å². The summed E-state index contributed by atoms with van der Waals surface area (Å²) in [5, 5.41) is 13.1. The second-order valence-electron chi connectivity index (χ2n) is 7.53.